The molecule has 0 spiro atoms. The van der Waals surface area contributed by atoms with E-state index in [1.54, 1.807) is 0 Å². The van der Waals surface area contributed by atoms with Crippen molar-refractivity contribution in [1.29, 1.82) is 0 Å². The van der Waals surface area contributed by atoms with Crippen LogP contribution in [-0.4, -0.2) is 12.5 Å². The van der Waals surface area contributed by atoms with Crippen molar-refractivity contribution in [2.24, 2.45) is 11.7 Å². The van der Waals surface area contributed by atoms with Crippen molar-refractivity contribution in [2.45, 2.75) is 19.4 Å². The van der Waals surface area contributed by atoms with Crippen molar-refractivity contribution in [3.63, 3.8) is 0 Å². The predicted molar refractivity (Wildman–Crippen MR) is 66.9 cm³/mol. The molecular formula is C14H16N2O. The highest BCUT2D eigenvalue weighted by Crippen LogP contribution is 2.28. The predicted octanol–water partition coefficient (Wildman–Crippen LogP) is 1.02. The molecule has 0 unspecified atom stereocenters. The highest BCUT2D eigenvalue weighted by molar-refractivity contribution is 5.80. The maximum absolute atomic E-state index is 11.4. The van der Waals surface area contributed by atoms with Crippen molar-refractivity contribution >= 4 is 5.91 Å². The summed E-state index contributed by atoms with van der Waals surface area (Å²) in [5.41, 5.74) is 7.35. The first-order valence-electron chi connectivity index (χ1n) is 5.85. The first-order chi connectivity index (χ1) is 8.29. The van der Waals surface area contributed by atoms with Crippen molar-refractivity contribution in [3.8, 4) is 11.8 Å². The fourth-order valence-electron chi connectivity index (χ4n) is 1.54. The van der Waals surface area contributed by atoms with E-state index in [1.165, 1.54) is 0 Å². The Morgan fingerprint density at radius 2 is 2.06 bits per heavy atom. The average Bonchev–Trinajstić information content (AvgIpc) is 3.19. The summed E-state index contributed by atoms with van der Waals surface area (Å²) in [6, 6.07) is 7.85. The fourth-order valence-corrected chi connectivity index (χ4v) is 1.54. The lowest BCUT2D eigenvalue weighted by molar-refractivity contribution is -0.122. The Bertz CT molecular complexity index is 449. The molecule has 1 amide bonds. The van der Waals surface area contributed by atoms with Gasteiger partial charge in [0.2, 0.25) is 5.91 Å². The van der Waals surface area contributed by atoms with Crippen molar-refractivity contribution < 1.29 is 4.79 Å². The van der Waals surface area contributed by atoms with Crippen molar-refractivity contribution in [2.75, 3.05) is 6.54 Å². The molecule has 2 rings (SSSR count). The van der Waals surface area contributed by atoms with Gasteiger partial charge in [0, 0.05) is 18.0 Å². The summed E-state index contributed by atoms with van der Waals surface area (Å²) in [5, 5.41) is 2.93. The quantitative estimate of drug-likeness (QED) is 0.759. The van der Waals surface area contributed by atoms with Gasteiger partial charge in [-0.1, -0.05) is 24.0 Å². The molecule has 0 aromatic heterocycles. The van der Waals surface area contributed by atoms with Gasteiger partial charge in [0.05, 0.1) is 6.54 Å². The van der Waals surface area contributed by atoms with E-state index in [-0.39, 0.29) is 11.8 Å². The van der Waals surface area contributed by atoms with Gasteiger partial charge in [-0.15, -0.1) is 0 Å². The standard InChI is InChI=1S/C14H16N2O/c15-9-1-2-11-3-5-12(6-4-11)10-16-14(17)13-7-8-13/h3-6,13H,7-10,15H2,(H,16,17). The minimum absolute atomic E-state index is 0.178. The van der Waals surface area contributed by atoms with Crippen LogP contribution in [0.1, 0.15) is 24.0 Å². The number of hydrogen-bond acceptors (Lipinski definition) is 2. The first kappa shape index (κ1) is 11.7. The van der Waals surface area contributed by atoms with Crippen molar-refractivity contribution in [3.05, 3.63) is 35.4 Å². The topological polar surface area (TPSA) is 55.1 Å². The maximum Gasteiger partial charge on any atom is 0.223 e. The van der Waals surface area contributed by atoms with E-state index >= 15 is 0 Å². The Morgan fingerprint density at radius 1 is 1.35 bits per heavy atom. The highest BCUT2D eigenvalue weighted by atomic mass is 16.2. The molecule has 1 aliphatic rings. The molecule has 3 N–H and O–H groups in total. The lowest BCUT2D eigenvalue weighted by Gasteiger charge is -2.04. The monoisotopic (exact) mass is 228 g/mol. The van der Waals surface area contributed by atoms with E-state index in [1.807, 2.05) is 24.3 Å². The smallest absolute Gasteiger partial charge is 0.223 e. The van der Waals surface area contributed by atoms with Gasteiger partial charge in [-0.05, 0) is 30.5 Å². The summed E-state index contributed by atoms with van der Waals surface area (Å²) in [6.45, 7) is 0.971. The van der Waals surface area contributed by atoms with Gasteiger partial charge in [-0.25, -0.2) is 0 Å². The average molecular weight is 228 g/mol. The van der Waals surface area contributed by atoms with E-state index in [9.17, 15) is 4.79 Å². The molecule has 0 aliphatic heterocycles. The number of carbonyl (C=O) groups is 1. The molecule has 0 atom stereocenters. The zero-order chi connectivity index (χ0) is 12.1. The second kappa shape index (κ2) is 5.51. The summed E-state index contributed by atoms with van der Waals surface area (Å²) in [5.74, 6) is 6.21. The minimum atomic E-state index is 0.178. The summed E-state index contributed by atoms with van der Waals surface area (Å²) < 4.78 is 0. The molecule has 1 fully saturated rings. The van der Waals surface area contributed by atoms with Crippen molar-refractivity contribution in [1.82, 2.24) is 5.32 Å². The van der Waals surface area contributed by atoms with E-state index in [4.69, 9.17) is 5.73 Å². The molecule has 3 heteroatoms. The summed E-state index contributed by atoms with van der Waals surface area (Å²) >= 11 is 0. The van der Waals surface area contributed by atoms with Crippen LogP contribution in [0.5, 0.6) is 0 Å². The number of nitrogens with two attached hydrogens (primary N) is 1. The highest BCUT2D eigenvalue weighted by Gasteiger charge is 2.29. The van der Waals surface area contributed by atoms with Crippen LogP contribution in [0, 0.1) is 17.8 Å². The zero-order valence-corrected chi connectivity index (χ0v) is 9.70. The van der Waals surface area contributed by atoms with E-state index in [0.717, 1.165) is 24.0 Å². The third-order valence-corrected chi connectivity index (χ3v) is 2.70. The number of rotatable bonds is 3. The number of amides is 1. The number of nitrogens with one attached hydrogen (secondary N) is 1. The molecule has 1 saturated carbocycles. The fraction of sp³-hybridized carbons (Fsp3) is 0.357. The van der Waals surface area contributed by atoms with Gasteiger partial charge < -0.3 is 11.1 Å². The number of hydrogen-bond donors (Lipinski definition) is 2. The third kappa shape index (κ3) is 3.61. The third-order valence-electron chi connectivity index (χ3n) is 2.70. The van der Waals surface area contributed by atoms with Crippen LogP contribution in [-0.2, 0) is 11.3 Å². The van der Waals surface area contributed by atoms with Gasteiger partial charge in [-0.3, -0.25) is 4.79 Å². The van der Waals surface area contributed by atoms with E-state index in [0.29, 0.717) is 13.1 Å². The summed E-state index contributed by atoms with van der Waals surface area (Å²) in [7, 11) is 0. The van der Waals surface area contributed by atoms with Crippen LogP contribution in [0.25, 0.3) is 0 Å². The second-order valence-electron chi connectivity index (χ2n) is 4.19. The molecule has 0 radical (unpaired) electrons. The van der Waals surface area contributed by atoms with E-state index < -0.39 is 0 Å². The van der Waals surface area contributed by atoms with E-state index in [2.05, 4.69) is 17.2 Å². The Kier molecular flexibility index (Phi) is 3.79. The number of carbonyl (C=O) groups excluding carboxylic acids is 1. The Labute approximate surface area is 101 Å². The normalized spacial score (nSPS) is 13.7. The molecule has 1 aliphatic carbocycles. The summed E-state index contributed by atoms with van der Waals surface area (Å²) in [6.07, 6.45) is 2.08. The van der Waals surface area contributed by atoms with Gasteiger partial charge in [0.1, 0.15) is 0 Å². The first-order valence-corrected chi connectivity index (χ1v) is 5.85. The molecule has 3 nitrogen and oxygen atoms in total. The van der Waals surface area contributed by atoms with Crippen LogP contribution >= 0.6 is 0 Å². The van der Waals surface area contributed by atoms with Crippen LogP contribution < -0.4 is 11.1 Å². The largest absolute Gasteiger partial charge is 0.352 e. The SMILES string of the molecule is NCC#Cc1ccc(CNC(=O)C2CC2)cc1. The lowest BCUT2D eigenvalue weighted by Crippen LogP contribution is -2.24. The van der Waals surface area contributed by atoms with Gasteiger partial charge in [0.25, 0.3) is 0 Å². The summed E-state index contributed by atoms with van der Waals surface area (Å²) in [4.78, 5) is 11.4. The minimum Gasteiger partial charge on any atom is -0.352 e. The maximum atomic E-state index is 11.4. The van der Waals surface area contributed by atoms with Gasteiger partial charge in [0.15, 0.2) is 0 Å². The molecule has 17 heavy (non-hydrogen) atoms. The molecular weight excluding hydrogens is 212 g/mol. The zero-order valence-electron chi connectivity index (χ0n) is 9.70. The van der Waals surface area contributed by atoms with Gasteiger partial charge >= 0.3 is 0 Å². The Balaban J connectivity index is 1.86. The second-order valence-corrected chi connectivity index (χ2v) is 4.19. The van der Waals surface area contributed by atoms with Gasteiger partial charge in [-0.2, -0.15) is 0 Å². The van der Waals surface area contributed by atoms with Crippen LogP contribution in [0.4, 0.5) is 0 Å². The molecule has 88 valence electrons. The molecule has 1 aromatic carbocycles. The molecule has 0 saturated heterocycles. The van der Waals surface area contributed by atoms with Crippen LogP contribution in [0.15, 0.2) is 24.3 Å². The Hall–Kier alpha value is -1.79. The molecule has 0 bridgehead atoms. The number of benzene rings is 1. The molecule has 0 heterocycles. The molecule has 1 aromatic rings. The lowest BCUT2D eigenvalue weighted by atomic mass is 10.1. The Morgan fingerprint density at radius 3 is 2.65 bits per heavy atom. The van der Waals surface area contributed by atoms with Crippen LogP contribution in [0.3, 0.4) is 0 Å². The van der Waals surface area contributed by atoms with Crippen LogP contribution in [0.2, 0.25) is 0 Å².